The highest BCUT2D eigenvalue weighted by atomic mass is 19.4. The Balaban J connectivity index is 1.58. The van der Waals surface area contributed by atoms with Gasteiger partial charge < -0.3 is 19.1 Å². The molecule has 0 radical (unpaired) electrons. The van der Waals surface area contributed by atoms with E-state index in [1.165, 1.54) is 17.7 Å². The van der Waals surface area contributed by atoms with E-state index in [0.717, 1.165) is 47.6 Å². The summed E-state index contributed by atoms with van der Waals surface area (Å²) >= 11 is 0. The number of alkyl halides is 3. The first-order chi connectivity index (χ1) is 25.5. The third-order valence-corrected chi connectivity index (χ3v) is 9.24. The first kappa shape index (κ1) is 43.8. The Bertz CT molecular complexity index is 1570. The molecule has 0 saturated carbocycles. The van der Waals surface area contributed by atoms with E-state index in [0.29, 0.717) is 52.1 Å². The standard InChI is InChI=1S/C41H60F3N5O6/c1-38(2,3)53-35(50)48-25-24-46(26-29-17-19-31(20-18-29)41(42,43)44)27-32(48)28-47(33-16-12-14-30-15-13-21-45-34(30)33)22-10-11-23-49(36(51)54-39(4,5)6)37(52)55-40(7,8)9/h13,15,17-21,32-33H,10-12,14,16,22-28H2,1-9H3/t32-,33+/m1/s1. The van der Waals surface area contributed by atoms with Crippen molar-refractivity contribution in [2.45, 2.75) is 136 Å². The first-order valence-electron chi connectivity index (χ1n) is 19.3. The molecule has 0 spiro atoms. The number of fused-ring (bicyclic) bond motifs is 1. The van der Waals surface area contributed by atoms with Crippen LogP contribution in [0.1, 0.15) is 116 Å². The summed E-state index contributed by atoms with van der Waals surface area (Å²) in [5.74, 6) is 0. The molecule has 1 aromatic heterocycles. The second-order valence-corrected chi connectivity index (χ2v) is 17.5. The minimum absolute atomic E-state index is 0.0384. The van der Waals surface area contributed by atoms with Gasteiger partial charge in [0.05, 0.1) is 23.3 Å². The van der Waals surface area contributed by atoms with Gasteiger partial charge in [0.1, 0.15) is 16.8 Å². The molecule has 1 fully saturated rings. The molecule has 11 nitrogen and oxygen atoms in total. The van der Waals surface area contributed by atoms with Crippen molar-refractivity contribution < 1.29 is 41.8 Å². The molecule has 0 unspecified atom stereocenters. The van der Waals surface area contributed by atoms with Crippen LogP contribution in [0.15, 0.2) is 42.6 Å². The van der Waals surface area contributed by atoms with Gasteiger partial charge in [-0.05, 0) is 130 Å². The van der Waals surface area contributed by atoms with Gasteiger partial charge in [-0.2, -0.15) is 13.2 Å². The van der Waals surface area contributed by atoms with Gasteiger partial charge in [0.15, 0.2) is 0 Å². The number of rotatable bonds is 10. The minimum Gasteiger partial charge on any atom is -0.444 e. The number of hydrogen-bond donors (Lipinski definition) is 0. The number of aromatic nitrogens is 1. The van der Waals surface area contributed by atoms with Crippen molar-refractivity contribution in [3.8, 4) is 0 Å². The molecule has 1 saturated heterocycles. The third kappa shape index (κ3) is 13.7. The Labute approximate surface area is 324 Å². The van der Waals surface area contributed by atoms with Gasteiger partial charge in [-0.3, -0.25) is 14.8 Å². The zero-order valence-electron chi connectivity index (χ0n) is 34.0. The smallest absolute Gasteiger partial charge is 0.419 e. The zero-order chi connectivity index (χ0) is 40.8. The first-order valence-corrected chi connectivity index (χ1v) is 19.3. The van der Waals surface area contributed by atoms with Crippen LogP contribution in [0.5, 0.6) is 0 Å². The van der Waals surface area contributed by atoms with Gasteiger partial charge in [-0.1, -0.05) is 18.2 Å². The molecule has 2 aliphatic rings. The van der Waals surface area contributed by atoms with E-state index < -0.39 is 46.8 Å². The predicted molar refractivity (Wildman–Crippen MR) is 203 cm³/mol. The molecule has 1 aliphatic heterocycles. The molecule has 0 bridgehead atoms. The fraction of sp³-hybridized carbons (Fsp3) is 0.659. The van der Waals surface area contributed by atoms with Crippen LogP contribution in [0.2, 0.25) is 0 Å². The van der Waals surface area contributed by atoms with Crippen molar-refractivity contribution in [3.05, 3.63) is 65.0 Å². The molecule has 55 heavy (non-hydrogen) atoms. The van der Waals surface area contributed by atoms with Crippen molar-refractivity contribution >= 4 is 18.3 Å². The second-order valence-electron chi connectivity index (χ2n) is 17.5. The average Bonchev–Trinajstić information content (AvgIpc) is 3.05. The van der Waals surface area contributed by atoms with Crippen LogP contribution in [-0.2, 0) is 33.4 Å². The summed E-state index contributed by atoms with van der Waals surface area (Å²) in [6, 6.07) is 8.91. The van der Waals surface area contributed by atoms with Crippen LogP contribution >= 0.6 is 0 Å². The van der Waals surface area contributed by atoms with Crippen molar-refractivity contribution in [1.29, 1.82) is 0 Å². The Hall–Kier alpha value is -3.91. The number of piperazine rings is 1. The van der Waals surface area contributed by atoms with E-state index in [9.17, 15) is 27.6 Å². The quantitative estimate of drug-likeness (QED) is 0.173. The van der Waals surface area contributed by atoms with Gasteiger partial charge in [0, 0.05) is 45.5 Å². The number of amides is 3. The summed E-state index contributed by atoms with van der Waals surface area (Å²) in [5.41, 5.74) is -0.0915. The van der Waals surface area contributed by atoms with E-state index >= 15 is 0 Å². The molecular weight excluding hydrogens is 715 g/mol. The van der Waals surface area contributed by atoms with Gasteiger partial charge in [-0.15, -0.1) is 0 Å². The zero-order valence-corrected chi connectivity index (χ0v) is 34.0. The van der Waals surface area contributed by atoms with Crippen molar-refractivity contribution in [2.75, 3.05) is 39.3 Å². The van der Waals surface area contributed by atoms with E-state index in [-0.39, 0.29) is 18.6 Å². The van der Waals surface area contributed by atoms with Crippen LogP contribution in [0.3, 0.4) is 0 Å². The highest BCUT2D eigenvalue weighted by Crippen LogP contribution is 2.34. The number of nitrogens with zero attached hydrogens (tertiary/aromatic N) is 5. The van der Waals surface area contributed by atoms with Crippen LogP contribution < -0.4 is 0 Å². The van der Waals surface area contributed by atoms with Gasteiger partial charge >= 0.3 is 24.5 Å². The van der Waals surface area contributed by atoms with Crippen LogP contribution in [0.25, 0.3) is 0 Å². The van der Waals surface area contributed by atoms with E-state index in [4.69, 9.17) is 19.2 Å². The number of ether oxygens (including phenoxy) is 3. The minimum atomic E-state index is -4.41. The maximum Gasteiger partial charge on any atom is 0.419 e. The maximum atomic E-state index is 13.7. The molecule has 0 N–H and O–H groups in total. The van der Waals surface area contributed by atoms with E-state index in [2.05, 4.69) is 15.9 Å². The number of imide groups is 1. The summed E-state index contributed by atoms with van der Waals surface area (Å²) in [5, 5.41) is 0. The van der Waals surface area contributed by atoms with Crippen LogP contribution in [-0.4, -0.2) is 105 Å². The molecule has 1 aromatic carbocycles. The average molecular weight is 776 g/mol. The molecule has 3 amide bonds. The maximum absolute atomic E-state index is 13.7. The van der Waals surface area contributed by atoms with E-state index in [1.54, 1.807) is 52.6 Å². The summed E-state index contributed by atoms with van der Waals surface area (Å²) in [7, 11) is 0. The molecule has 306 valence electrons. The highest BCUT2D eigenvalue weighted by molar-refractivity contribution is 5.88. The van der Waals surface area contributed by atoms with Crippen molar-refractivity contribution in [3.63, 3.8) is 0 Å². The highest BCUT2D eigenvalue weighted by Gasteiger charge is 2.38. The molecule has 4 rings (SSSR count). The summed E-state index contributed by atoms with van der Waals surface area (Å²) in [4.78, 5) is 52.1. The van der Waals surface area contributed by atoms with Gasteiger partial charge in [0.25, 0.3) is 0 Å². The number of unbranched alkanes of at least 4 members (excludes halogenated alkanes) is 1. The Kier molecular flexibility index (Phi) is 14.3. The van der Waals surface area contributed by atoms with Crippen molar-refractivity contribution in [1.82, 2.24) is 24.6 Å². The van der Waals surface area contributed by atoms with Crippen LogP contribution in [0.4, 0.5) is 27.6 Å². The fourth-order valence-electron chi connectivity index (χ4n) is 6.90. The normalized spacial score (nSPS) is 18.5. The lowest BCUT2D eigenvalue weighted by Gasteiger charge is -2.45. The largest absolute Gasteiger partial charge is 0.444 e. The number of carbonyl (C=O) groups is 3. The predicted octanol–water partition coefficient (Wildman–Crippen LogP) is 8.85. The number of carbonyl (C=O) groups excluding carboxylic acids is 3. The Morgan fingerprint density at radius 3 is 2.00 bits per heavy atom. The number of hydrogen-bond acceptors (Lipinski definition) is 9. The molecule has 2 atom stereocenters. The lowest BCUT2D eigenvalue weighted by molar-refractivity contribution is -0.137. The van der Waals surface area contributed by atoms with Crippen molar-refractivity contribution in [2.24, 2.45) is 0 Å². The topological polar surface area (TPSA) is 105 Å². The SMILES string of the molecule is CC(C)(C)OC(=O)N(CCCCN(C[C@H]1CN(Cc2ccc(C(F)(F)F)cc2)CCN1C(=O)OC(C)(C)C)[C@H]1CCCc2cccnc21)C(=O)OC(C)(C)C. The molecule has 14 heteroatoms. The molecule has 2 heterocycles. The Morgan fingerprint density at radius 1 is 0.818 bits per heavy atom. The Morgan fingerprint density at radius 2 is 1.42 bits per heavy atom. The monoisotopic (exact) mass is 775 g/mol. The van der Waals surface area contributed by atoms with E-state index in [1.807, 2.05) is 26.8 Å². The lowest BCUT2D eigenvalue weighted by atomic mass is 9.90. The van der Waals surface area contributed by atoms with Gasteiger partial charge in [-0.25, -0.2) is 19.3 Å². The summed E-state index contributed by atoms with van der Waals surface area (Å²) < 4.78 is 56.8. The lowest BCUT2D eigenvalue weighted by Crippen LogP contribution is -2.59. The fourth-order valence-corrected chi connectivity index (χ4v) is 6.90. The van der Waals surface area contributed by atoms with Crippen LogP contribution in [0, 0.1) is 0 Å². The molecule has 1 aliphatic carbocycles. The number of halogens is 3. The van der Waals surface area contributed by atoms with Gasteiger partial charge in [0.2, 0.25) is 0 Å². The third-order valence-electron chi connectivity index (χ3n) is 9.24. The number of aryl methyl sites for hydroxylation is 1. The number of benzene rings is 1. The molecular formula is C41H60F3N5O6. The number of pyridine rings is 1. The second kappa shape index (κ2) is 17.9. The molecule has 2 aromatic rings. The summed E-state index contributed by atoms with van der Waals surface area (Å²) in [6.07, 6.45) is -0.753. The summed E-state index contributed by atoms with van der Waals surface area (Å²) in [6.45, 7) is 18.9.